The van der Waals surface area contributed by atoms with Gasteiger partial charge in [-0.1, -0.05) is 25.1 Å². The molecule has 0 saturated carbocycles. The van der Waals surface area contributed by atoms with Crippen LogP contribution in [0.25, 0.3) is 0 Å². The number of carbonyl (C=O) groups excluding carboxylic acids is 1. The van der Waals surface area contributed by atoms with Gasteiger partial charge in [0.2, 0.25) is 10.0 Å². The van der Waals surface area contributed by atoms with Crippen molar-refractivity contribution in [3.8, 4) is 0 Å². The van der Waals surface area contributed by atoms with Gasteiger partial charge in [0.25, 0.3) is 5.91 Å². The van der Waals surface area contributed by atoms with Crippen molar-refractivity contribution in [3.63, 3.8) is 0 Å². The van der Waals surface area contributed by atoms with Crippen molar-refractivity contribution >= 4 is 21.6 Å². The van der Waals surface area contributed by atoms with Crippen LogP contribution in [-0.2, 0) is 21.3 Å². The van der Waals surface area contributed by atoms with Crippen molar-refractivity contribution in [1.82, 2.24) is 10.0 Å². The molecule has 0 aliphatic heterocycles. The molecular weight excluding hydrogens is 366 g/mol. The van der Waals surface area contributed by atoms with Gasteiger partial charge in [-0.3, -0.25) is 4.79 Å². The van der Waals surface area contributed by atoms with E-state index in [1.54, 1.807) is 0 Å². The lowest BCUT2D eigenvalue weighted by molar-refractivity contribution is 0.102. The van der Waals surface area contributed by atoms with Gasteiger partial charge in [0.05, 0.1) is 11.5 Å². The highest BCUT2D eigenvalue weighted by atomic mass is 32.2. The Balaban J connectivity index is 2.08. The second-order valence-electron chi connectivity index (χ2n) is 5.81. The molecule has 0 aliphatic rings. The Kier molecular flexibility index (Phi) is 7.93. The van der Waals surface area contributed by atoms with E-state index in [2.05, 4.69) is 15.4 Å². The van der Waals surface area contributed by atoms with Crippen LogP contribution < -0.4 is 15.4 Å². The van der Waals surface area contributed by atoms with Gasteiger partial charge in [0.1, 0.15) is 0 Å². The number of sulfonamides is 1. The molecule has 146 valence electrons. The lowest BCUT2D eigenvalue weighted by atomic mass is 10.1. The number of ether oxygens (including phenoxy) is 1. The Hall–Kier alpha value is -2.26. The van der Waals surface area contributed by atoms with Gasteiger partial charge in [-0.15, -0.1) is 0 Å². The molecule has 2 rings (SSSR count). The number of amides is 1. The fourth-order valence-electron chi connectivity index (χ4n) is 2.40. The number of hydrogen-bond acceptors (Lipinski definition) is 5. The van der Waals surface area contributed by atoms with Gasteiger partial charge >= 0.3 is 0 Å². The lowest BCUT2D eigenvalue weighted by Crippen LogP contribution is -2.27. The Bertz CT molecular complexity index is 852. The molecule has 0 atom stereocenters. The second-order valence-corrected chi connectivity index (χ2v) is 7.57. The number of nitrogens with one attached hydrogen (secondary N) is 3. The largest absolute Gasteiger partial charge is 0.383 e. The Morgan fingerprint density at radius 3 is 2.44 bits per heavy atom. The van der Waals surface area contributed by atoms with Crippen LogP contribution in [0.5, 0.6) is 0 Å². The summed E-state index contributed by atoms with van der Waals surface area (Å²) in [6, 6.07) is 13.4. The van der Waals surface area contributed by atoms with E-state index in [0.717, 1.165) is 17.8 Å². The summed E-state index contributed by atoms with van der Waals surface area (Å²) < 4.78 is 31.6. The zero-order valence-electron chi connectivity index (χ0n) is 15.5. The molecule has 0 radical (unpaired) electrons. The summed E-state index contributed by atoms with van der Waals surface area (Å²) in [4.78, 5) is 12.6. The summed E-state index contributed by atoms with van der Waals surface area (Å²) in [5, 5.41) is 6.10. The highest BCUT2D eigenvalue weighted by Crippen LogP contribution is 2.17. The van der Waals surface area contributed by atoms with Crippen LogP contribution in [0.2, 0.25) is 0 Å². The first-order valence-corrected chi connectivity index (χ1v) is 10.1. The zero-order chi connectivity index (χ0) is 19.7. The van der Waals surface area contributed by atoms with E-state index in [9.17, 15) is 13.2 Å². The van der Waals surface area contributed by atoms with Crippen LogP contribution in [0, 0.1) is 0 Å². The van der Waals surface area contributed by atoms with Crippen LogP contribution in [0.4, 0.5) is 5.69 Å². The van der Waals surface area contributed by atoms with Crippen molar-refractivity contribution < 1.29 is 17.9 Å². The van der Waals surface area contributed by atoms with Gasteiger partial charge in [0, 0.05) is 31.5 Å². The van der Waals surface area contributed by atoms with Crippen LogP contribution in [-0.4, -0.2) is 41.1 Å². The third-order valence-corrected chi connectivity index (χ3v) is 5.33. The van der Waals surface area contributed by atoms with E-state index >= 15 is 0 Å². The number of para-hydroxylation sites is 1. The molecule has 27 heavy (non-hydrogen) atoms. The molecule has 0 heterocycles. The van der Waals surface area contributed by atoms with Crippen molar-refractivity contribution in [2.75, 3.05) is 32.1 Å². The molecule has 3 N–H and O–H groups in total. The van der Waals surface area contributed by atoms with E-state index in [1.807, 2.05) is 31.2 Å². The molecule has 1 amide bonds. The normalized spacial score (nSPS) is 11.3. The lowest BCUT2D eigenvalue weighted by Gasteiger charge is -2.12. The molecule has 0 aromatic heterocycles. The average molecular weight is 391 g/mol. The molecule has 2 aromatic carbocycles. The topological polar surface area (TPSA) is 96.5 Å². The number of hydrogen-bond donors (Lipinski definition) is 3. The van der Waals surface area contributed by atoms with Crippen molar-refractivity contribution in [1.29, 1.82) is 0 Å². The number of anilines is 1. The fraction of sp³-hybridized carbons (Fsp3) is 0.316. The summed E-state index contributed by atoms with van der Waals surface area (Å²) in [6.45, 7) is 3.96. The fourth-order valence-corrected chi connectivity index (χ4v) is 3.41. The average Bonchev–Trinajstić information content (AvgIpc) is 2.67. The highest BCUT2D eigenvalue weighted by molar-refractivity contribution is 7.89. The first kappa shape index (κ1) is 21.0. The maximum absolute atomic E-state index is 12.5. The Morgan fingerprint density at radius 1 is 1.07 bits per heavy atom. The zero-order valence-corrected chi connectivity index (χ0v) is 16.3. The molecule has 0 bridgehead atoms. The molecule has 0 saturated heterocycles. The predicted octanol–water partition coefficient (Wildman–Crippen LogP) is 1.97. The third-order valence-electron chi connectivity index (χ3n) is 3.86. The van der Waals surface area contributed by atoms with E-state index in [0.29, 0.717) is 12.1 Å². The minimum absolute atomic E-state index is 0.0997. The maximum Gasteiger partial charge on any atom is 0.255 e. The van der Waals surface area contributed by atoms with Crippen LogP contribution in [0.3, 0.4) is 0 Å². The molecule has 0 aliphatic carbocycles. The summed E-state index contributed by atoms with van der Waals surface area (Å²) in [7, 11) is -2.12. The van der Waals surface area contributed by atoms with Gasteiger partial charge in [-0.2, -0.15) is 0 Å². The van der Waals surface area contributed by atoms with E-state index < -0.39 is 10.0 Å². The summed E-state index contributed by atoms with van der Waals surface area (Å²) in [5.41, 5.74) is 2.08. The molecule has 0 fully saturated rings. The monoisotopic (exact) mass is 391 g/mol. The number of methoxy groups -OCH3 is 1. The summed E-state index contributed by atoms with van der Waals surface area (Å²) in [5.74, 6) is -0.296. The minimum atomic E-state index is -3.62. The number of rotatable bonds is 10. The van der Waals surface area contributed by atoms with Crippen molar-refractivity contribution in [3.05, 3.63) is 59.7 Å². The van der Waals surface area contributed by atoms with Gasteiger partial charge in [-0.05, 0) is 42.4 Å². The molecular formula is C19H25N3O4S. The predicted molar refractivity (Wildman–Crippen MR) is 105 cm³/mol. The molecule has 8 heteroatoms. The van der Waals surface area contributed by atoms with Crippen LogP contribution in [0.15, 0.2) is 53.4 Å². The third kappa shape index (κ3) is 6.14. The summed E-state index contributed by atoms with van der Waals surface area (Å²) >= 11 is 0. The molecule has 0 unspecified atom stereocenters. The standard InChI is InChI=1S/C19H25N3O4S/c1-3-20-14-16-6-4-5-7-18(16)22-19(23)15-8-10-17(11-9-15)27(24,25)21-12-13-26-2/h4-11,20-21H,3,12-14H2,1-2H3,(H,22,23). The smallest absolute Gasteiger partial charge is 0.255 e. The van der Waals surface area contributed by atoms with Crippen molar-refractivity contribution in [2.24, 2.45) is 0 Å². The van der Waals surface area contributed by atoms with E-state index in [1.165, 1.54) is 31.4 Å². The van der Waals surface area contributed by atoms with E-state index in [-0.39, 0.29) is 24.0 Å². The first-order valence-electron chi connectivity index (χ1n) is 8.66. The number of benzene rings is 2. The first-order chi connectivity index (χ1) is 13.0. The van der Waals surface area contributed by atoms with Crippen LogP contribution in [0.1, 0.15) is 22.8 Å². The Labute approximate surface area is 160 Å². The molecule has 2 aromatic rings. The van der Waals surface area contributed by atoms with Crippen LogP contribution >= 0.6 is 0 Å². The second kappa shape index (κ2) is 10.2. The molecule has 0 spiro atoms. The summed E-state index contributed by atoms with van der Waals surface area (Å²) in [6.07, 6.45) is 0. The van der Waals surface area contributed by atoms with Gasteiger partial charge in [-0.25, -0.2) is 13.1 Å². The maximum atomic E-state index is 12.5. The number of carbonyl (C=O) groups is 1. The quantitative estimate of drug-likeness (QED) is 0.538. The van der Waals surface area contributed by atoms with Crippen molar-refractivity contribution in [2.45, 2.75) is 18.4 Å². The van der Waals surface area contributed by atoms with E-state index in [4.69, 9.17) is 4.74 Å². The van der Waals surface area contributed by atoms with Gasteiger partial charge < -0.3 is 15.4 Å². The SMILES string of the molecule is CCNCc1ccccc1NC(=O)c1ccc(S(=O)(=O)NCCOC)cc1. The Morgan fingerprint density at radius 2 is 1.78 bits per heavy atom. The van der Waals surface area contributed by atoms with Gasteiger partial charge in [0.15, 0.2) is 0 Å². The highest BCUT2D eigenvalue weighted by Gasteiger charge is 2.15. The minimum Gasteiger partial charge on any atom is -0.383 e. The molecule has 7 nitrogen and oxygen atoms in total.